The minimum Gasteiger partial charge on any atom is -0.348 e. The van der Waals surface area contributed by atoms with Gasteiger partial charge in [-0.05, 0) is 48.9 Å². The van der Waals surface area contributed by atoms with Crippen LogP contribution in [0.1, 0.15) is 31.8 Å². The zero-order valence-electron chi connectivity index (χ0n) is 16.1. The van der Waals surface area contributed by atoms with Crippen molar-refractivity contribution in [1.82, 2.24) is 10.0 Å². The van der Waals surface area contributed by atoms with E-state index in [1.54, 1.807) is 12.1 Å². The van der Waals surface area contributed by atoms with Crippen molar-refractivity contribution in [3.05, 3.63) is 100 Å². The SMILES string of the molecule is Cc1ccc(CNC(=O)c2cccc(S(=O)(=O)NC(=O)c3cccc(Cl)c3)c2)cc1. The van der Waals surface area contributed by atoms with Gasteiger partial charge in [0.05, 0.1) is 4.90 Å². The molecule has 3 aromatic rings. The molecule has 0 heterocycles. The third-order valence-corrected chi connectivity index (χ3v) is 5.86. The number of aryl methyl sites for hydroxylation is 1. The second kappa shape index (κ2) is 9.11. The van der Waals surface area contributed by atoms with Crippen molar-refractivity contribution in [2.24, 2.45) is 0 Å². The summed E-state index contributed by atoms with van der Waals surface area (Å²) in [4.78, 5) is 24.5. The number of benzene rings is 3. The van der Waals surface area contributed by atoms with Crippen molar-refractivity contribution in [1.29, 1.82) is 0 Å². The minimum atomic E-state index is -4.17. The first-order valence-electron chi connectivity index (χ1n) is 9.01. The van der Waals surface area contributed by atoms with Crippen LogP contribution in [0.2, 0.25) is 5.02 Å². The van der Waals surface area contributed by atoms with Gasteiger partial charge >= 0.3 is 0 Å². The Labute approximate surface area is 179 Å². The highest BCUT2D eigenvalue weighted by Gasteiger charge is 2.20. The summed E-state index contributed by atoms with van der Waals surface area (Å²) < 4.78 is 27.2. The van der Waals surface area contributed by atoms with Crippen LogP contribution in [0.4, 0.5) is 0 Å². The Kier molecular flexibility index (Phi) is 6.54. The summed E-state index contributed by atoms with van der Waals surface area (Å²) in [6.45, 7) is 2.28. The van der Waals surface area contributed by atoms with Crippen LogP contribution in [-0.2, 0) is 16.6 Å². The van der Waals surface area contributed by atoms with Crippen LogP contribution in [0, 0.1) is 6.92 Å². The Morgan fingerprint density at radius 3 is 2.17 bits per heavy atom. The van der Waals surface area contributed by atoms with Crippen LogP contribution in [0.15, 0.2) is 77.7 Å². The van der Waals surface area contributed by atoms with Gasteiger partial charge in [-0.3, -0.25) is 9.59 Å². The molecule has 6 nitrogen and oxygen atoms in total. The molecular weight excluding hydrogens is 424 g/mol. The molecule has 0 spiro atoms. The number of rotatable bonds is 6. The lowest BCUT2D eigenvalue weighted by molar-refractivity contribution is 0.0949. The lowest BCUT2D eigenvalue weighted by Crippen LogP contribution is -2.31. The summed E-state index contributed by atoms with van der Waals surface area (Å²) in [6.07, 6.45) is 0. The molecule has 0 aliphatic heterocycles. The van der Waals surface area contributed by atoms with E-state index >= 15 is 0 Å². The number of nitrogens with one attached hydrogen (secondary N) is 2. The molecule has 154 valence electrons. The number of sulfonamides is 1. The van der Waals surface area contributed by atoms with E-state index in [4.69, 9.17) is 11.6 Å². The topological polar surface area (TPSA) is 92.3 Å². The largest absolute Gasteiger partial charge is 0.348 e. The van der Waals surface area contributed by atoms with Gasteiger partial charge in [0.25, 0.3) is 21.8 Å². The van der Waals surface area contributed by atoms with Crippen LogP contribution in [0.25, 0.3) is 0 Å². The van der Waals surface area contributed by atoms with Gasteiger partial charge in [0.1, 0.15) is 0 Å². The minimum absolute atomic E-state index is 0.109. The average Bonchev–Trinajstić information content (AvgIpc) is 2.73. The maximum Gasteiger partial charge on any atom is 0.265 e. The quantitative estimate of drug-likeness (QED) is 0.608. The maximum atomic E-state index is 12.6. The van der Waals surface area contributed by atoms with Crippen LogP contribution in [0.3, 0.4) is 0 Å². The fourth-order valence-corrected chi connectivity index (χ4v) is 3.87. The van der Waals surface area contributed by atoms with Crippen LogP contribution < -0.4 is 10.0 Å². The molecule has 0 bridgehead atoms. The van der Waals surface area contributed by atoms with Gasteiger partial charge in [0.15, 0.2) is 0 Å². The third-order valence-electron chi connectivity index (χ3n) is 4.29. The van der Waals surface area contributed by atoms with Gasteiger partial charge in [-0.2, -0.15) is 0 Å². The molecule has 0 unspecified atom stereocenters. The van der Waals surface area contributed by atoms with E-state index in [-0.39, 0.29) is 16.0 Å². The number of halogens is 1. The van der Waals surface area contributed by atoms with Gasteiger partial charge in [-0.25, -0.2) is 13.1 Å². The van der Waals surface area contributed by atoms with Crippen molar-refractivity contribution in [2.75, 3.05) is 0 Å². The van der Waals surface area contributed by atoms with E-state index in [1.165, 1.54) is 36.4 Å². The molecule has 3 rings (SSSR count). The predicted octanol–water partition coefficient (Wildman–Crippen LogP) is 3.70. The second-order valence-corrected chi connectivity index (χ2v) is 8.76. The van der Waals surface area contributed by atoms with Gasteiger partial charge in [0.2, 0.25) is 0 Å². The zero-order valence-corrected chi connectivity index (χ0v) is 17.6. The highest BCUT2D eigenvalue weighted by Crippen LogP contribution is 2.15. The van der Waals surface area contributed by atoms with E-state index in [9.17, 15) is 18.0 Å². The molecule has 0 saturated heterocycles. The summed E-state index contributed by atoms with van der Waals surface area (Å²) in [5.41, 5.74) is 2.31. The van der Waals surface area contributed by atoms with Crippen molar-refractivity contribution in [3.63, 3.8) is 0 Å². The Morgan fingerprint density at radius 2 is 1.50 bits per heavy atom. The number of hydrogen-bond acceptors (Lipinski definition) is 4. The molecule has 0 saturated carbocycles. The standard InChI is InChI=1S/C22H19ClN2O4S/c1-15-8-10-16(11-9-15)14-24-21(26)18-5-3-7-20(13-18)30(28,29)25-22(27)17-4-2-6-19(23)12-17/h2-13H,14H2,1H3,(H,24,26)(H,25,27). The lowest BCUT2D eigenvalue weighted by Gasteiger charge is -2.10. The van der Waals surface area contributed by atoms with E-state index in [0.29, 0.717) is 11.6 Å². The molecule has 2 amide bonds. The highest BCUT2D eigenvalue weighted by atomic mass is 35.5. The van der Waals surface area contributed by atoms with Crippen molar-refractivity contribution < 1.29 is 18.0 Å². The van der Waals surface area contributed by atoms with Gasteiger partial charge < -0.3 is 5.32 Å². The summed E-state index contributed by atoms with van der Waals surface area (Å²) in [7, 11) is -4.17. The summed E-state index contributed by atoms with van der Waals surface area (Å²) >= 11 is 5.84. The van der Waals surface area contributed by atoms with E-state index < -0.39 is 21.8 Å². The Bertz CT molecular complexity index is 1190. The molecule has 8 heteroatoms. The number of amides is 2. The predicted molar refractivity (Wildman–Crippen MR) is 115 cm³/mol. The van der Waals surface area contributed by atoms with Crippen molar-refractivity contribution >= 4 is 33.4 Å². The smallest absolute Gasteiger partial charge is 0.265 e. The molecule has 0 aliphatic carbocycles. The monoisotopic (exact) mass is 442 g/mol. The van der Waals surface area contributed by atoms with Crippen LogP contribution in [-0.4, -0.2) is 20.2 Å². The fourth-order valence-electron chi connectivity index (χ4n) is 2.66. The molecule has 0 aliphatic rings. The third kappa shape index (κ3) is 5.46. The van der Waals surface area contributed by atoms with E-state index in [1.807, 2.05) is 35.9 Å². The van der Waals surface area contributed by atoms with Gasteiger partial charge in [-0.1, -0.05) is 53.6 Å². The molecule has 0 aromatic heterocycles. The first-order chi connectivity index (χ1) is 14.2. The Morgan fingerprint density at radius 1 is 0.867 bits per heavy atom. The number of carbonyl (C=O) groups is 2. The van der Waals surface area contributed by atoms with Gasteiger partial charge in [-0.15, -0.1) is 0 Å². The van der Waals surface area contributed by atoms with Gasteiger partial charge in [0, 0.05) is 22.7 Å². The normalized spacial score (nSPS) is 11.0. The van der Waals surface area contributed by atoms with Crippen molar-refractivity contribution in [2.45, 2.75) is 18.4 Å². The number of hydrogen-bond donors (Lipinski definition) is 2. The second-order valence-electron chi connectivity index (χ2n) is 6.64. The fraction of sp³-hybridized carbons (Fsp3) is 0.0909. The number of carbonyl (C=O) groups excluding carboxylic acids is 2. The summed E-state index contributed by atoms with van der Waals surface area (Å²) in [6, 6.07) is 19.1. The molecule has 2 N–H and O–H groups in total. The molecular formula is C22H19ClN2O4S. The first-order valence-corrected chi connectivity index (χ1v) is 10.9. The van der Waals surface area contributed by atoms with Crippen LogP contribution >= 0.6 is 11.6 Å². The molecule has 3 aromatic carbocycles. The Balaban J connectivity index is 1.72. The maximum absolute atomic E-state index is 12.6. The molecule has 0 atom stereocenters. The molecule has 0 radical (unpaired) electrons. The van der Waals surface area contributed by atoms with E-state index in [2.05, 4.69) is 5.32 Å². The first kappa shape index (κ1) is 21.5. The van der Waals surface area contributed by atoms with Crippen molar-refractivity contribution in [3.8, 4) is 0 Å². The lowest BCUT2D eigenvalue weighted by atomic mass is 10.1. The van der Waals surface area contributed by atoms with Crippen LogP contribution in [0.5, 0.6) is 0 Å². The Hall–Kier alpha value is -3.16. The molecule has 30 heavy (non-hydrogen) atoms. The zero-order chi connectivity index (χ0) is 21.7. The summed E-state index contributed by atoms with van der Waals surface area (Å²) in [5.74, 6) is -1.24. The summed E-state index contributed by atoms with van der Waals surface area (Å²) in [5, 5.41) is 3.06. The highest BCUT2D eigenvalue weighted by molar-refractivity contribution is 7.90. The molecule has 0 fully saturated rings. The van der Waals surface area contributed by atoms with E-state index in [0.717, 1.165) is 11.1 Å². The average molecular weight is 443 g/mol.